The number of rotatable bonds is 2. The summed E-state index contributed by atoms with van der Waals surface area (Å²) in [6.45, 7) is 1.96. The molecule has 0 atom stereocenters. The largest absolute Gasteiger partial charge is 0.399 e. The van der Waals surface area contributed by atoms with Crippen LogP contribution >= 0.6 is 0 Å². The standard InChI is InChI=1S/C14H14N2O/c1-10-4-2-5-11(8-10)14(17)16-13-7-3-6-12(15)9-13/h2-9H,15H2,1H3,(H,16,17). The van der Waals surface area contributed by atoms with Crippen molar-refractivity contribution in [2.24, 2.45) is 0 Å². The molecule has 0 spiro atoms. The van der Waals surface area contributed by atoms with E-state index in [1.54, 1.807) is 24.3 Å². The molecule has 0 radical (unpaired) electrons. The van der Waals surface area contributed by atoms with E-state index < -0.39 is 0 Å². The zero-order valence-electron chi connectivity index (χ0n) is 9.60. The fourth-order valence-electron chi connectivity index (χ4n) is 1.61. The van der Waals surface area contributed by atoms with Gasteiger partial charge in [0.1, 0.15) is 0 Å². The van der Waals surface area contributed by atoms with Crippen LogP contribution in [0.1, 0.15) is 15.9 Å². The van der Waals surface area contributed by atoms with Crippen LogP contribution in [0.5, 0.6) is 0 Å². The number of aryl methyl sites for hydroxylation is 1. The van der Waals surface area contributed by atoms with Crippen molar-refractivity contribution < 1.29 is 4.79 Å². The number of amides is 1. The normalized spacial score (nSPS) is 9.94. The summed E-state index contributed by atoms with van der Waals surface area (Å²) in [6, 6.07) is 14.6. The molecule has 86 valence electrons. The Morgan fingerprint density at radius 3 is 2.59 bits per heavy atom. The number of anilines is 2. The van der Waals surface area contributed by atoms with E-state index in [1.165, 1.54) is 0 Å². The van der Waals surface area contributed by atoms with E-state index in [2.05, 4.69) is 5.32 Å². The Labute approximate surface area is 100 Å². The summed E-state index contributed by atoms with van der Waals surface area (Å²) < 4.78 is 0. The minimum absolute atomic E-state index is 0.126. The molecular formula is C14H14N2O. The fourth-order valence-corrected chi connectivity index (χ4v) is 1.61. The molecule has 2 aromatic rings. The number of carbonyl (C=O) groups is 1. The third-order valence-electron chi connectivity index (χ3n) is 2.42. The van der Waals surface area contributed by atoms with Crippen LogP contribution in [0.2, 0.25) is 0 Å². The highest BCUT2D eigenvalue weighted by atomic mass is 16.1. The second kappa shape index (κ2) is 4.70. The number of nitrogens with one attached hydrogen (secondary N) is 1. The summed E-state index contributed by atoms with van der Waals surface area (Å²) in [5.74, 6) is -0.126. The molecule has 3 nitrogen and oxygen atoms in total. The first-order valence-electron chi connectivity index (χ1n) is 5.39. The summed E-state index contributed by atoms with van der Waals surface area (Å²) >= 11 is 0. The molecule has 17 heavy (non-hydrogen) atoms. The zero-order chi connectivity index (χ0) is 12.3. The van der Waals surface area contributed by atoms with Crippen molar-refractivity contribution in [2.45, 2.75) is 6.92 Å². The first kappa shape index (κ1) is 11.2. The van der Waals surface area contributed by atoms with Gasteiger partial charge in [-0.1, -0.05) is 23.8 Å². The Hall–Kier alpha value is -2.29. The van der Waals surface area contributed by atoms with Crippen LogP contribution in [0, 0.1) is 6.92 Å². The zero-order valence-corrected chi connectivity index (χ0v) is 9.60. The van der Waals surface area contributed by atoms with Gasteiger partial charge in [0.05, 0.1) is 0 Å². The van der Waals surface area contributed by atoms with Crippen LogP contribution in [0.25, 0.3) is 0 Å². The maximum atomic E-state index is 11.9. The summed E-state index contributed by atoms with van der Waals surface area (Å²) in [7, 11) is 0. The van der Waals surface area contributed by atoms with Gasteiger partial charge >= 0.3 is 0 Å². The lowest BCUT2D eigenvalue weighted by atomic mass is 10.1. The molecule has 0 heterocycles. The Balaban J connectivity index is 2.17. The Bertz CT molecular complexity index is 549. The van der Waals surface area contributed by atoms with E-state index in [0.717, 1.165) is 5.56 Å². The van der Waals surface area contributed by atoms with E-state index in [4.69, 9.17) is 5.73 Å². The van der Waals surface area contributed by atoms with Gasteiger partial charge in [-0.2, -0.15) is 0 Å². The molecule has 2 aromatic carbocycles. The van der Waals surface area contributed by atoms with Gasteiger partial charge in [-0.25, -0.2) is 0 Å². The van der Waals surface area contributed by atoms with Crippen LogP contribution < -0.4 is 11.1 Å². The highest BCUT2D eigenvalue weighted by molar-refractivity contribution is 6.04. The van der Waals surface area contributed by atoms with E-state index in [0.29, 0.717) is 16.9 Å². The van der Waals surface area contributed by atoms with Crippen molar-refractivity contribution in [1.29, 1.82) is 0 Å². The molecule has 0 unspecified atom stereocenters. The third-order valence-corrected chi connectivity index (χ3v) is 2.42. The minimum Gasteiger partial charge on any atom is -0.399 e. The van der Waals surface area contributed by atoms with Gasteiger partial charge in [-0.05, 0) is 37.3 Å². The minimum atomic E-state index is -0.126. The van der Waals surface area contributed by atoms with Crippen molar-refractivity contribution in [3.63, 3.8) is 0 Å². The summed E-state index contributed by atoms with van der Waals surface area (Å²) in [6.07, 6.45) is 0. The highest BCUT2D eigenvalue weighted by Crippen LogP contribution is 2.13. The summed E-state index contributed by atoms with van der Waals surface area (Å²) in [4.78, 5) is 11.9. The molecular weight excluding hydrogens is 212 g/mol. The quantitative estimate of drug-likeness (QED) is 0.773. The van der Waals surface area contributed by atoms with E-state index >= 15 is 0 Å². The maximum Gasteiger partial charge on any atom is 0.255 e. The molecule has 0 bridgehead atoms. The number of hydrogen-bond donors (Lipinski definition) is 2. The molecule has 0 aromatic heterocycles. The highest BCUT2D eigenvalue weighted by Gasteiger charge is 2.05. The predicted molar refractivity (Wildman–Crippen MR) is 70.0 cm³/mol. The summed E-state index contributed by atoms with van der Waals surface area (Å²) in [5, 5.41) is 2.81. The van der Waals surface area contributed by atoms with Crippen molar-refractivity contribution in [3.8, 4) is 0 Å². The molecule has 0 saturated heterocycles. The number of benzene rings is 2. The Morgan fingerprint density at radius 1 is 1.12 bits per heavy atom. The van der Waals surface area contributed by atoms with Gasteiger partial charge < -0.3 is 11.1 Å². The Morgan fingerprint density at radius 2 is 1.88 bits per heavy atom. The van der Waals surface area contributed by atoms with Crippen molar-refractivity contribution >= 4 is 17.3 Å². The average Bonchev–Trinajstić information content (AvgIpc) is 2.29. The van der Waals surface area contributed by atoms with Gasteiger partial charge in [-0.15, -0.1) is 0 Å². The molecule has 3 N–H and O–H groups in total. The number of nitrogens with two attached hydrogens (primary N) is 1. The van der Waals surface area contributed by atoms with Crippen LogP contribution in [0.4, 0.5) is 11.4 Å². The van der Waals surface area contributed by atoms with Crippen molar-refractivity contribution in [2.75, 3.05) is 11.1 Å². The average molecular weight is 226 g/mol. The van der Waals surface area contributed by atoms with Crippen molar-refractivity contribution in [1.82, 2.24) is 0 Å². The smallest absolute Gasteiger partial charge is 0.255 e. The number of hydrogen-bond acceptors (Lipinski definition) is 2. The fraction of sp³-hybridized carbons (Fsp3) is 0.0714. The second-order valence-electron chi connectivity index (χ2n) is 3.95. The lowest BCUT2D eigenvalue weighted by molar-refractivity contribution is 0.102. The van der Waals surface area contributed by atoms with Crippen LogP contribution in [0.3, 0.4) is 0 Å². The molecule has 0 saturated carbocycles. The maximum absolute atomic E-state index is 11.9. The molecule has 2 rings (SSSR count). The van der Waals surface area contributed by atoms with Gasteiger partial charge in [0, 0.05) is 16.9 Å². The third kappa shape index (κ3) is 2.84. The predicted octanol–water partition coefficient (Wildman–Crippen LogP) is 2.83. The van der Waals surface area contributed by atoms with Gasteiger partial charge in [0.15, 0.2) is 0 Å². The van der Waals surface area contributed by atoms with Crippen LogP contribution in [-0.2, 0) is 0 Å². The topological polar surface area (TPSA) is 55.1 Å². The molecule has 3 heteroatoms. The first-order valence-corrected chi connectivity index (χ1v) is 5.39. The van der Waals surface area contributed by atoms with Crippen LogP contribution in [0.15, 0.2) is 48.5 Å². The van der Waals surface area contributed by atoms with Gasteiger partial charge in [-0.3, -0.25) is 4.79 Å². The lowest BCUT2D eigenvalue weighted by Gasteiger charge is -2.06. The molecule has 0 aliphatic carbocycles. The lowest BCUT2D eigenvalue weighted by Crippen LogP contribution is -2.12. The van der Waals surface area contributed by atoms with E-state index in [9.17, 15) is 4.79 Å². The summed E-state index contributed by atoms with van der Waals surface area (Å²) in [5.41, 5.74) is 8.69. The molecule has 0 aliphatic heterocycles. The second-order valence-corrected chi connectivity index (χ2v) is 3.95. The molecule has 0 fully saturated rings. The first-order chi connectivity index (χ1) is 8.15. The number of nitrogen functional groups attached to an aromatic ring is 1. The Kier molecular flexibility index (Phi) is 3.10. The van der Waals surface area contributed by atoms with E-state index in [-0.39, 0.29) is 5.91 Å². The number of carbonyl (C=O) groups excluding carboxylic acids is 1. The molecule has 0 aliphatic rings. The monoisotopic (exact) mass is 226 g/mol. The van der Waals surface area contributed by atoms with Gasteiger partial charge in [0.2, 0.25) is 0 Å². The van der Waals surface area contributed by atoms with E-state index in [1.807, 2.05) is 31.2 Å². The van der Waals surface area contributed by atoms with Crippen molar-refractivity contribution in [3.05, 3.63) is 59.7 Å². The SMILES string of the molecule is Cc1cccc(C(=O)Nc2cccc(N)c2)c1. The van der Waals surface area contributed by atoms with Crippen LogP contribution in [-0.4, -0.2) is 5.91 Å². The molecule has 1 amide bonds. The van der Waals surface area contributed by atoms with Gasteiger partial charge in [0.25, 0.3) is 5.91 Å².